The predicted octanol–water partition coefficient (Wildman–Crippen LogP) is 1.36. The van der Waals surface area contributed by atoms with E-state index in [1.54, 1.807) is 0 Å². The minimum absolute atomic E-state index is 0.210. The van der Waals surface area contributed by atoms with Crippen LogP contribution in [0.4, 0.5) is 0 Å². The summed E-state index contributed by atoms with van der Waals surface area (Å²) in [6.07, 6.45) is 2.65. The fourth-order valence-corrected chi connectivity index (χ4v) is 2.37. The van der Waals surface area contributed by atoms with E-state index in [0.717, 1.165) is 39.2 Å². The largest absolute Gasteiger partial charge is 0.468 e. The molecule has 1 rings (SSSR count). The van der Waals surface area contributed by atoms with Gasteiger partial charge in [-0.3, -0.25) is 4.79 Å². The zero-order valence-electron chi connectivity index (χ0n) is 12.4. The van der Waals surface area contributed by atoms with Crippen molar-refractivity contribution in [2.75, 3.05) is 40.1 Å². The van der Waals surface area contributed by atoms with Crippen LogP contribution < -0.4 is 5.32 Å². The molecular formula is C14H27NO4. The summed E-state index contributed by atoms with van der Waals surface area (Å²) in [7, 11) is 1.43. The molecule has 5 nitrogen and oxygen atoms in total. The summed E-state index contributed by atoms with van der Waals surface area (Å²) in [6, 6.07) is 0. The van der Waals surface area contributed by atoms with E-state index in [4.69, 9.17) is 14.2 Å². The number of carbonyl (C=O) groups excluding carboxylic acids is 1. The lowest BCUT2D eigenvalue weighted by Gasteiger charge is -2.27. The fraction of sp³-hybridized carbons (Fsp3) is 0.929. The van der Waals surface area contributed by atoms with Crippen LogP contribution in [0.3, 0.4) is 0 Å². The number of ether oxygens (including phenoxy) is 3. The number of rotatable bonds is 9. The van der Waals surface area contributed by atoms with Crippen molar-refractivity contribution in [3.8, 4) is 0 Å². The smallest absolute Gasteiger partial charge is 0.325 e. The van der Waals surface area contributed by atoms with Crippen LogP contribution in [0, 0.1) is 5.92 Å². The third-order valence-corrected chi connectivity index (χ3v) is 3.55. The van der Waals surface area contributed by atoms with Gasteiger partial charge in [-0.25, -0.2) is 0 Å². The number of esters is 1. The van der Waals surface area contributed by atoms with E-state index in [0.29, 0.717) is 18.9 Å². The molecule has 0 bridgehead atoms. The molecule has 1 saturated heterocycles. The van der Waals surface area contributed by atoms with Crippen LogP contribution in [0.1, 0.15) is 33.1 Å². The Morgan fingerprint density at radius 3 is 2.89 bits per heavy atom. The van der Waals surface area contributed by atoms with E-state index < -0.39 is 5.54 Å². The van der Waals surface area contributed by atoms with Crippen molar-refractivity contribution in [3.05, 3.63) is 0 Å². The molecule has 1 heterocycles. The SMILES string of the molecule is CCNC(C)(CCCOCC1CCOC1)C(=O)OC. The summed E-state index contributed by atoms with van der Waals surface area (Å²) in [6.45, 7) is 7.72. The summed E-state index contributed by atoms with van der Waals surface area (Å²) in [5.41, 5.74) is -0.608. The van der Waals surface area contributed by atoms with E-state index in [1.807, 2.05) is 13.8 Å². The quantitative estimate of drug-likeness (QED) is 0.508. The number of hydrogen-bond acceptors (Lipinski definition) is 5. The molecule has 0 radical (unpaired) electrons. The van der Waals surface area contributed by atoms with E-state index in [-0.39, 0.29) is 5.97 Å². The van der Waals surface area contributed by atoms with Crippen LogP contribution in [-0.4, -0.2) is 51.6 Å². The highest BCUT2D eigenvalue weighted by molar-refractivity contribution is 5.80. The molecule has 2 unspecified atom stereocenters. The molecule has 0 aromatic heterocycles. The first kappa shape index (κ1) is 16.4. The van der Waals surface area contributed by atoms with E-state index in [2.05, 4.69) is 5.32 Å². The minimum atomic E-state index is -0.608. The number of carbonyl (C=O) groups is 1. The van der Waals surface area contributed by atoms with Gasteiger partial charge in [0, 0.05) is 19.1 Å². The molecule has 0 aromatic rings. The van der Waals surface area contributed by atoms with Crippen molar-refractivity contribution >= 4 is 5.97 Å². The van der Waals surface area contributed by atoms with Gasteiger partial charge in [0.25, 0.3) is 0 Å². The Bertz CT molecular complexity index is 266. The molecule has 1 N–H and O–H groups in total. The Hall–Kier alpha value is -0.650. The number of nitrogens with one attached hydrogen (secondary N) is 1. The van der Waals surface area contributed by atoms with Crippen LogP contribution in [0.25, 0.3) is 0 Å². The predicted molar refractivity (Wildman–Crippen MR) is 73.1 cm³/mol. The Balaban J connectivity index is 2.18. The first-order valence-electron chi connectivity index (χ1n) is 7.11. The molecule has 1 fully saturated rings. The lowest BCUT2D eigenvalue weighted by atomic mass is 9.96. The van der Waals surface area contributed by atoms with Crippen molar-refractivity contribution in [2.45, 2.75) is 38.6 Å². The normalized spacial score (nSPS) is 22.2. The Morgan fingerprint density at radius 2 is 2.32 bits per heavy atom. The molecular weight excluding hydrogens is 246 g/mol. The molecule has 19 heavy (non-hydrogen) atoms. The Morgan fingerprint density at radius 1 is 1.53 bits per heavy atom. The molecule has 0 aliphatic carbocycles. The van der Waals surface area contributed by atoms with Crippen molar-refractivity contribution < 1.29 is 19.0 Å². The topological polar surface area (TPSA) is 56.8 Å². The van der Waals surface area contributed by atoms with Gasteiger partial charge in [0.05, 0.1) is 20.3 Å². The highest BCUT2D eigenvalue weighted by Crippen LogP contribution is 2.16. The molecule has 1 aliphatic rings. The Labute approximate surface area is 116 Å². The van der Waals surface area contributed by atoms with Gasteiger partial charge in [0.1, 0.15) is 5.54 Å². The second kappa shape index (κ2) is 8.51. The average Bonchev–Trinajstić information content (AvgIpc) is 2.91. The van der Waals surface area contributed by atoms with Gasteiger partial charge in [-0.2, -0.15) is 0 Å². The lowest BCUT2D eigenvalue weighted by Crippen LogP contribution is -2.50. The molecule has 0 amide bonds. The first-order chi connectivity index (χ1) is 9.12. The van der Waals surface area contributed by atoms with Gasteiger partial charge in [0.2, 0.25) is 0 Å². The fourth-order valence-electron chi connectivity index (χ4n) is 2.37. The standard InChI is InChI=1S/C14H27NO4/c1-4-15-14(2,13(16)17-3)7-5-8-18-10-12-6-9-19-11-12/h12,15H,4-11H2,1-3H3. The van der Waals surface area contributed by atoms with E-state index >= 15 is 0 Å². The van der Waals surface area contributed by atoms with Gasteiger partial charge in [-0.1, -0.05) is 6.92 Å². The van der Waals surface area contributed by atoms with Gasteiger partial charge >= 0.3 is 5.97 Å². The van der Waals surface area contributed by atoms with Crippen LogP contribution in [0.5, 0.6) is 0 Å². The summed E-state index contributed by atoms with van der Waals surface area (Å²) in [4.78, 5) is 11.8. The monoisotopic (exact) mass is 273 g/mol. The first-order valence-corrected chi connectivity index (χ1v) is 7.11. The molecule has 0 spiro atoms. The zero-order valence-corrected chi connectivity index (χ0v) is 12.4. The molecule has 112 valence electrons. The van der Waals surface area contributed by atoms with Crippen LogP contribution in [0.15, 0.2) is 0 Å². The molecule has 0 saturated carbocycles. The highest BCUT2D eigenvalue weighted by Gasteiger charge is 2.32. The van der Waals surface area contributed by atoms with Crippen LogP contribution in [-0.2, 0) is 19.0 Å². The second-order valence-corrected chi connectivity index (χ2v) is 5.26. The number of likely N-dealkylation sites (N-methyl/N-ethyl adjacent to an activating group) is 1. The van der Waals surface area contributed by atoms with E-state index in [9.17, 15) is 4.79 Å². The number of hydrogen-bond donors (Lipinski definition) is 1. The maximum atomic E-state index is 11.8. The molecule has 1 aliphatic heterocycles. The minimum Gasteiger partial charge on any atom is -0.468 e. The summed E-state index contributed by atoms with van der Waals surface area (Å²) in [5, 5.41) is 3.19. The van der Waals surface area contributed by atoms with Crippen molar-refractivity contribution in [1.29, 1.82) is 0 Å². The van der Waals surface area contributed by atoms with Gasteiger partial charge in [-0.15, -0.1) is 0 Å². The van der Waals surface area contributed by atoms with Gasteiger partial charge in [0.15, 0.2) is 0 Å². The number of methoxy groups -OCH3 is 1. The summed E-state index contributed by atoms with van der Waals surface area (Å²) in [5.74, 6) is 0.333. The maximum Gasteiger partial charge on any atom is 0.325 e. The molecule has 0 aromatic carbocycles. The average molecular weight is 273 g/mol. The summed E-state index contributed by atoms with van der Waals surface area (Å²) < 4.78 is 15.8. The van der Waals surface area contributed by atoms with Crippen molar-refractivity contribution in [3.63, 3.8) is 0 Å². The third kappa shape index (κ3) is 5.47. The zero-order chi connectivity index (χ0) is 14.1. The molecule has 2 atom stereocenters. The van der Waals surface area contributed by atoms with Crippen molar-refractivity contribution in [2.24, 2.45) is 5.92 Å². The van der Waals surface area contributed by atoms with E-state index in [1.165, 1.54) is 7.11 Å². The lowest BCUT2D eigenvalue weighted by molar-refractivity contribution is -0.148. The Kier molecular flexibility index (Phi) is 7.34. The second-order valence-electron chi connectivity index (χ2n) is 5.26. The molecule has 5 heteroatoms. The maximum absolute atomic E-state index is 11.8. The van der Waals surface area contributed by atoms with Gasteiger partial charge < -0.3 is 19.5 Å². The van der Waals surface area contributed by atoms with Crippen LogP contribution in [0.2, 0.25) is 0 Å². The van der Waals surface area contributed by atoms with Crippen LogP contribution >= 0.6 is 0 Å². The highest BCUT2D eigenvalue weighted by atomic mass is 16.5. The third-order valence-electron chi connectivity index (χ3n) is 3.55. The van der Waals surface area contributed by atoms with Crippen molar-refractivity contribution in [1.82, 2.24) is 5.32 Å². The van der Waals surface area contributed by atoms with Gasteiger partial charge in [-0.05, 0) is 32.7 Å². The summed E-state index contributed by atoms with van der Waals surface area (Å²) >= 11 is 0.